The van der Waals surface area contributed by atoms with Crippen LogP contribution in [-0.4, -0.2) is 61.3 Å². The zero-order valence-electron chi connectivity index (χ0n) is 17.1. The minimum atomic E-state index is -0.218. The van der Waals surface area contributed by atoms with Gasteiger partial charge in [0.25, 0.3) is 5.91 Å². The topological polar surface area (TPSA) is 93.9 Å². The lowest BCUT2D eigenvalue weighted by molar-refractivity contribution is -0.126. The summed E-state index contributed by atoms with van der Waals surface area (Å²) < 4.78 is 16.2. The molecular weight excluding hydrogens is 386 g/mol. The lowest BCUT2D eigenvalue weighted by atomic mass is 9.96. The van der Waals surface area contributed by atoms with E-state index in [1.165, 1.54) is 0 Å². The van der Waals surface area contributed by atoms with E-state index >= 15 is 0 Å². The molecule has 8 heteroatoms. The van der Waals surface area contributed by atoms with Crippen LogP contribution in [0.4, 0.5) is 0 Å². The van der Waals surface area contributed by atoms with Gasteiger partial charge in [0.2, 0.25) is 5.91 Å². The van der Waals surface area contributed by atoms with E-state index in [2.05, 4.69) is 10.5 Å². The van der Waals surface area contributed by atoms with E-state index in [1.54, 1.807) is 18.1 Å². The Hall–Kier alpha value is -2.87. The van der Waals surface area contributed by atoms with Crippen molar-refractivity contribution < 1.29 is 23.6 Å². The average molecular weight is 413 g/mol. The molecule has 1 aromatic carbocycles. The van der Waals surface area contributed by atoms with Crippen molar-refractivity contribution in [2.45, 2.75) is 31.8 Å². The third-order valence-electron chi connectivity index (χ3n) is 5.69. The minimum Gasteiger partial charge on any atom is -0.497 e. The molecule has 2 amide bonds. The normalized spacial score (nSPS) is 21.4. The molecule has 1 N–H and O–H groups in total. The zero-order valence-corrected chi connectivity index (χ0v) is 17.1. The molecular formula is C22H27N3O5. The number of piperidine rings is 1. The molecule has 2 saturated heterocycles. The molecule has 3 heterocycles. The fourth-order valence-electron chi connectivity index (χ4n) is 3.99. The number of carbonyl (C=O) groups excluding carboxylic acids is 2. The highest BCUT2D eigenvalue weighted by Crippen LogP contribution is 2.26. The van der Waals surface area contributed by atoms with Crippen LogP contribution in [0.25, 0.3) is 11.3 Å². The summed E-state index contributed by atoms with van der Waals surface area (Å²) in [6.45, 7) is 2.30. The number of rotatable bonds is 6. The van der Waals surface area contributed by atoms with Gasteiger partial charge in [-0.05, 0) is 37.8 Å². The Balaban J connectivity index is 1.37. The van der Waals surface area contributed by atoms with Crippen molar-refractivity contribution >= 4 is 11.8 Å². The Kier molecular flexibility index (Phi) is 6.32. The summed E-state index contributed by atoms with van der Waals surface area (Å²) in [7, 11) is 1.60. The first-order valence-electron chi connectivity index (χ1n) is 10.4. The molecule has 1 aromatic heterocycles. The highest BCUT2D eigenvalue weighted by molar-refractivity contribution is 5.93. The molecule has 2 aromatic rings. The maximum absolute atomic E-state index is 12.9. The monoisotopic (exact) mass is 413 g/mol. The van der Waals surface area contributed by atoms with E-state index in [-0.39, 0.29) is 29.5 Å². The van der Waals surface area contributed by atoms with E-state index in [1.807, 2.05) is 24.3 Å². The number of nitrogens with one attached hydrogen (secondary N) is 1. The number of benzene rings is 1. The number of amides is 2. The van der Waals surface area contributed by atoms with Crippen molar-refractivity contribution in [2.75, 3.05) is 33.4 Å². The predicted octanol–water partition coefficient (Wildman–Crippen LogP) is 2.50. The summed E-state index contributed by atoms with van der Waals surface area (Å²) in [4.78, 5) is 27.2. The molecule has 2 aliphatic heterocycles. The van der Waals surface area contributed by atoms with Crippen molar-refractivity contribution in [1.82, 2.24) is 15.4 Å². The number of likely N-dealkylation sites (tertiary alicyclic amines) is 1. The van der Waals surface area contributed by atoms with Crippen LogP contribution in [-0.2, 0) is 9.53 Å². The summed E-state index contributed by atoms with van der Waals surface area (Å²) in [6, 6.07) is 9.02. The first-order valence-corrected chi connectivity index (χ1v) is 10.4. The van der Waals surface area contributed by atoms with Crippen molar-refractivity contribution in [2.24, 2.45) is 5.92 Å². The molecule has 160 valence electrons. The summed E-state index contributed by atoms with van der Waals surface area (Å²) >= 11 is 0. The number of hydrogen-bond acceptors (Lipinski definition) is 6. The van der Waals surface area contributed by atoms with Crippen LogP contribution in [0.1, 0.15) is 36.2 Å². The van der Waals surface area contributed by atoms with Gasteiger partial charge < -0.3 is 24.2 Å². The van der Waals surface area contributed by atoms with Gasteiger partial charge in [-0.15, -0.1) is 0 Å². The average Bonchev–Trinajstić information content (AvgIpc) is 3.49. The van der Waals surface area contributed by atoms with Crippen molar-refractivity contribution in [3.05, 3.63) is 36.0 Å². The molecule has 30 heavy (non-hydrogen) atoms. The largest absolute Gasteiger partial charge is 0.497 e. The molecule has 0 saturated carbocycles. The Bertz CT molecular complexity index is 890. The van der Waals surface area contributed by atoms with Crippen LogP contribution in [0.15, 0.2) is 34.9 Å². The summed E-state index contributed by atoms with van der Waals surface area (Å²) in [5.41, 5.74) is 1.03. The first kappa shape index (κ1) is 20.4. The van der Waals surface area contributed by atoms with Crippen LogP contribution < -0.4 is 10.1 Å². The van der Waals surface area contributed by atoms with Gasteiger partial charge in [-0.25, -0.2) is 0 Å². The lowest BCUT2D eigenvalue weighted by Crippen LogP contribution is -2.46. The third-order valence-corrected chi connectivity index (χ3v) is 5.69. The number of aromatic nitrogens is 1. The van der Waals surface area contributed by atoms with Gasteiger partial charge in [-0.2, -0.15) is 0 Å². The second kappa shape index (κ2) is 9.30. The highest BCUT2D eigenvalue weighted by Gasteiger charge is 2.30. The van der Waals surface area contributed by atoms with E-state index in [9.17, 15) is 9.59 Å². The van der Waals surface area contributed by atoms with Gasteiger partial charge in [0.05, 0.1) is 19.1 Å². The van der Waals surface area contributed by atoms with Crippen molar-refractivity contribution in [3.8, 4) is 17.1 Å². The Morgan fingerprint density at radius 3 is 2.97 bits per heavy atom. The SMILES string of the molecule is COc1cccc(-c2cc(C(=O)N3CCCC(C(=O)NCC4CCCO4)C3)no2)c1. The number of carbonyl (C=O) groups is 2. The molecule has 2 unspecified atom stereocenters. The smallest absolute Gasteiger partial charge is 0.276 e. The van der Waals surface area contributed by atoms with E-state index in [4.69, 9.17) is 14.0 Å². The maximum Gasteiger partial charge on any atom is 0.276 e. The Morgan fingerprint density at radius 2 is 2.17 bits per heavy atom. The minimum absolute atomic E-state index is 0.0137. The highest BCUT2D eigenvalue weighted by atomic mass is 16.5. The molecule has 0 bridgehead atoms. The lowest BCUT2D eigenvalue weighted by Gasteiger charge is -2.31. The predicted molar refractivity (Wildman–Crippen MR) is 109 cm³/mol. The van der Waals surface area contributed by atoms with Gasteiger partial charge >= 0.3 is 0 Å². The van der Waals surface area contributed by atoms with Crippen molar-refractivity contribution in [1.29, 1.82) is 0 Å². The molecule has 0 spiro atoms. The van der Waals surface area contributed by atoms with Crippen molar-refractivity contribution in [3.63, 3.8) is 0 Å². The number of nitrogens with zero attached hydrogens (tertiary/aromatic N) is 2. The zero-order chi connectivity index (χ0) is 20.9. The van der Waals surface area contributed by atoms with Crippen LogP contribution in [0.3, 0.4) is 0 Å². The fraction of sp³-hybridized carbons (Fsp3) is 0.500. The van der Waals surface area contributed by atoms with Gasteiger partial charge in [-0.1, -0.05) is 17.3 Å². The van der Waals surface area contributed by atoms with Crippen LogP contribution in [0.5, 0.6) is 5.75 Å². The van der Waals surface area contributed by atoms with E-state index in [0.29, 0.717) is 31.1 Å². The summed E-state index contributed by atoms with van der Waals surface area (Å²) in [5.74, 6) is 0.753. The van der Waals surface area contributed by atoms with Gasteiger partial charge in [0, 0.05) is 37.9 Å². The second-order valence-corrected chi connectivity index (χ2v) is 7.78. The fourth-order valence-corrected chi connectivity index (χ4v) is 3.99. The summed E-state index contributed by atoms with van der Waals surface area (Å²) in [5, 5.41) is 6.94. The number of hydrogen-bond donors (Lipinski definition) is 1. The van der Waals surface area contributed by atoms with Gasteiger partial charge in [0.1, 0.15) is 5.75 Å². The Morgan fingerprint density at radius 1 is 1.27 bits per heavy atom. The molecule has 4 rings (SSSR count). The maximum atomic E-state index is 12.9. The molecule has 8 nitrogen and oxygen atoms in total. The second-order valence-electron chi connectivity index (χ2n) is 7.78. The van der Waals surface area contributed by atoms with Crippen LogP contribution >= 0.6 is 0 Å². The quantitative estimate of drug-likeness (QED) is 0.782. The van der Waals surface area contributed by atoms with Gasteiger partial charge in [0.15, 0.2) is 11.5 Å². The molecule has 2 atom stereocenters. The molecule has 0 radical (unpaired) electrons. The van der Waals surface area contributed by atoms with Crippen LogP contribution in [0, 0.1) is 5.92 Å². The third kappa shape index (κ3) is 4.64. The summed E-state index contributed by atoms with van der Waals surface area (Å²) in [6.07, 6.45) is 3.69. The first-order chi connectivity index (χ1) is 14.6. The molecule has 2 aliphatic rings. The van der Waals surface area contributed by atoms with E-state index < -0.39 is 0 Å². The number of methoxy groups -OCH3 is 1. The molecule has 2 fully saturated rings. The molecule has 0 aliphatic carbocycles. The standard InChI is InChI=1S/C22H27N3O5/c1-28-17-7-2-5-15(11-17)20-12-19(24-30-20)22(27)25-9-3-6-16(14-25)21(26)23-13-18-8-4-10-29-18/h2,5,7,11-12,16,18H,3-4,6,8-10,13-14H2,1H3,(H,23,26). The van der Waals surface area contributed by atoms with Gasteiger partial charge in [-0.3, -0.25) is 9.59 Å². The van der Waals surface area contributed by atoms with Crippen LogP contribution in [0.2, 0.25) is 0 Å². The Labute approximate surface area is 175 Å². The van der Waals surface area contributed by atoms with E-state index in [0.717, 1.165) is 37.9 Å². The number of ether oxygens (including phenoxy) is 2.